The van der Waals surface area contributed by atoms with Crippen molar-refractivity contribution >= 4 is 17.0 Å². The van der Waals surface area contributed by atoms with Crippen LogP contribution in [-0.2, 0) is 4.74 Å². The molecule has 1 aromatic rings. The minimum absolute atomic E-state index is 0.0572. The summed E-state index contributed by atoms with van der Waals surface area (Å²) in [6, 6.07) is 9.53. The van der Waals surface area contributed by atoms with Crippen LogP contribution in [0.5, 0.6) is 5.75 Å². The summed E-state index contributed by atoms with van der Waals surface area (Å²) in [6.07, 6.45) is 0. The predicted molar refractivity (Wildman–Crippen MR) is 71.9 cm³/mol. The summed E-state index contributed by atoms with van der Waals surface area (Å²) in [5.74, 6) is 0.785. The van der Waals surface area contributed by atoms with Crippen LogP contribution in [0.4, 0.5) is 4.79 Å². The van der Waals surface area contributed by atoms with Crippen LogP contribution in [0.2, 0.25) is 0 Å². The second-order valence-corrected chi connectivity index (χ2v) is 5.23. The van der Waals surface area contributed by atoms with Crippen LogP contribution in [-0.4, -0.2) is 41.9 Å². The van der Waals surface area contributed by atoms with E-state index in [2.05, 4.69) is 0 Å². The molecule has 0 radical (unpaired) electrons. The zero-order chi connectivity index (χ0) is 12.8. The Balaban J connectivity index is 1.79. The molecule has 18 heavy (non-hydrogen) atoms. The molecule has 1 heterocycles. The summed E-state index contributed by atoms with van der Waals surface area (Å²) in [5.41, 5.74) is -0.192. The molecule has 4 nitrogen and oxygen atoms in total. The molecular weight excluding hydrogens is 250 g/mol. The van der Waals surface area contributed by atoms with Gasteiger partial charge in [-0.15, -0.1) is 0 Å². The Labute approximate surface area is 111 Å². The first-order valence-electron chi connectivity index (χ1n) is 6.01. The lowest BCUT2D eigenvalue weighted by molar-refractivity contribution is 0.0592. The molecule has 0 saturated carbocycles. The van der Waals surface area contributed by atoms with Crippen LogP contribution >= 0.6 is 11.8 Å². The number of morpholine rings is 1. The number of rotatable bonds is 3. The highest BCUT2D eigenvalue weighted by atomic mass is 32.2. The number of thioether (sulfide) groups is 1. The summed E-state index contributed by atoms with van der Waals surface area (Å²) in [6.45, 7) is 4.48. The number of hydrogen-bond donors (Lipinski definition) is 0. The minimum Gasteiger partial charge on any atom is -0.480 e. The Kier molecular flexibility index (Phi) is 4.90. The molecule has 0 aliphatic carbocycles. The molecule has 1 unspecified atom stereocenters. The Morgan fingerprint density at radius 3 is 2.67 bits per heavy atom. The number of nitrogens with zero attached hydrogens (tertiary/aromatic N) is 1. The van der Waals surface area contributed by atoms with Crippen molar-refractivity contribution in [2.24, 2.45) is 0 Å². The molecule has 0 spiro atoms. The molecule has 1 aliphatic heterocycles. The SMILES string of the molecule is CC(Oc1ccccc1)SC(=O)N1CCOCC1. The van der Waals surface area contributed by atoms with Crippen LogP contribution in [0.1, 0.15) is 6.92 Å². The third-order valence-corrected chi connectivity index (χ3v) is 3.47. The third kappa shape index (κ3) is 3.92. The van der Waals surface area contributed by atoms with Crippen molar-refractivity contribution in [1.82, 2.24) is 4.90 Å². The van der Waals surface area contributed by atoms with Crippen molar-refractivity contribution < 1.29 is 14.3 Å². The van der Waals surface area contributed by atoms with Gasteiger partial charge in [0.15, 0.2) is 5.44 Å². The zero-order valence-electron chi connectivity index (χ0n) is 10.4. The van der Waals surface area contributed by atoms with Crippen molar-refractivity contribution in [2.75, 3.05) is 26.3 Å². The average Bonchev–Trinajstić information content (AvgIpc) is 2.40. The number of carbonyl (C=O) groups is 1. The van der Waals surface area contributed by atoms with Gasteiger partial charge in [0.2, 0.25) is 0 Å². The first-order chi connectivity index (χ1) is 8.75. The average molecular weight is 267 g/mol. The summed E-state index contributed by atoms with van der Waals surface area (Å²) in [4.78, 5) is 13.8. The van der Waals surface area contributed by atoms with E-state index in [1.807, 2.05) is 37.3 Å². The molecule has 98 valence electrons. The molecule has 1 amide bonds. The lowest BCUT2D eigenvalue weighted by Crippen LogP contribution is -2.39. The summed E-state index contributed by atoms with van der Waals surface area (Å²) < 4.78 is 10.9. The van der Waals surface area contributed by atoms with E-state index in [9.17, 15) is 4.79 Å². The van der Waals surface area contributed by atoms with E-state index in [-0.39, 0.29) is 10.7 Å². The van der Waals surface area contributed by atoms with E-state index in [4.69, 9.17) is 9.47 Å². The molecule has 1 fully saturated rings. The van der Waals surface area contributed by atoms with Gasteiger partial charge in [-0.25, -0.2) is 0 Å². The molecule has 1 aliphatic rings. The van der Waals surface area contributed by atoms with Crippen LogP contribution < -0.4 is 4.74 Å². The molecule has 1 atom stereocenters. The van der Waals surface area contributed by atoms with Crippen molar-refractivity contribution in [1.29, 1.82) is 0 Å². The topological polar surface area (TPSA) is 38.8 Å². The molecule has 0 bridgehead atoms. The van der Waals surface area contributed by atoms with E-state index < -0.39 is 0 Å². The Hall–Kier alpha value is -1.20. The van der Waals surface area contributed by atoms with Gasteiger partial charge < -0.3 is 14.4 Å². The fourth-order valence-electron chi connectivity index (χ4n) is 1.68. The van der Waals surface area contributed by atoms with Crippen LogP contribution in [0, 0.1) is 0 Å². The maximum atomic E-state index is 12.0. The van der Waals surface area contributed by atoms with E-state index >= 15 is 0 Å². The molecular formula is C13H17NO3S. The van der Waals surface area contributed by atoms with Crippen molar-refractivity contribution in [3.8, 4) is 5.75 Å². The van der Waals surface area contributed by atoms with Crippen LogP contribution in [0.3, 0.4) is 0 Å². The highest BCUT2D eigenvalue weighted by Crippen LogP contribution is 2.20. The quantitative estimate of drug-likeness (QED) is 0.789. The fraction of sp³-hybridized carbons (Fsp3) is 0.462. The van der Waals surface area contributed by atoms with Gasteiger partial charge in [0.05, 0.1) is 13.2 Å². The number of benzene rings is 1. The monoisotopic (exact) mass is 267 g/mol. The van der Waals surface area contributed by atoms with E-state index in [0.29, 0.717) is 26.3 Å². The zero-order valence-corrected chi connectivity index (χ0v) is 11.2. The van der Waals surface area contributed by atoms with Gasteiger partial charge in [0, 0.05) is 13.1 Å². The predicted octanol–water partition coefficient (Wildman–Crippen LogP) is 2.60. The van der Waals surface area contributed by atoms with Gasteiger partial charge in [-0.05, 0) is 30.8 Å². The molecule has 0 aromatic heterocycles. The van der Waals surface area contributed by atoms with E-state index in [0.717, 1.165) is 5.75 Å². The Morgan fingerprint density at radius 1 is 1.33 bits per heavy atom. The van der Waals surface area contributed by atoms with Crippen LogP contribution in [0.25, 0.3) is 0 Å². The molecule has 1 aromatic carbocycles. The standard InChI is InChI=1S/C13H17NO3S/c1-11(17-12-5-3-2-4-6-12)18-13(15)14-7-9-16-10-8-14/h2-6,11H,7-10H2,1H3. The molecule has 2 rings (SSSR count). The lowest BCUT2D eigenvalue weighted by Gasteiger charge is -2.27. The van der Waals surface area contributed by atoms with Gasteiger partial charge in [-0.3, -0.25) is 4.79 Å². The maximum Gasteiger partial charge on any atom is 0.285 e. The first-order valence-corrected chi connectivity index (χ1v) is 6.88. The van der Waals surface area contributed by atoms with Gasteiger partial charge >= 0.3 is 0 Å². The number of hydrogen-bond acceptors (Lipinski definition) is 4. The second-order valence-electron chi connectivity index (χ2n) is 3.98. The van der Waals surface area contributed by atoms with Gasteiger partial charge in [0.1, 0.15) is 5.75 Å². The van der Waals surface area contributed by atoms with Crippen molar-refractivity contribution in [2.45, 2.75) is 12.4 Å². The highest BCUT2D eigenvalue weighted by Gasteiger charge is 2.20. The molecule has 5 heteroatoms. The highest BCUT2D eigenvalue weighted by molar-refractivity contribution is 8.13. The fourth-order valence-corrected chi connectivity index (χ4v) is 2.45. The second kappa shape index (κ2) is 6.66. The normalized spacial score (nSPS) is 17.3. The third-order valence-electron chi connectivity index (χ3n) is 2.58. The van der Waals surface area contributed by atoms with Crippen molar-refractivity contribution in [3.05, 3.63) is 30.3 Å². The number of para-hydroxylation sites is 1. The number of amides is 1. The smallest absolute Gasteiger partial charge is 0.285 e. The summed E-state index contributed by atoms with van der Waals surface area (Å²) in [7, 11) is 0. The van der Waals surface area contributed by atoms with Gasteiger partial charge in [0.25, 0.3) is 5.24 Å². The first kappa shape index (κ1) is 13.2. The number of ether oxygens (including phenoxy) is 2. The molecule has 0 N–H and O–H groups in total. The summed E-state index contributed by atoms with van der Waals surface area (Å²) in [5, 5.41) is 0.0572. The maximum absolute atomic E-state index is 12.0. The van der Waals surface area contributed by atoms with Gasteiger partial charge in [-0.2, -0.15) is 0 Å². The Bertz CT molecular complexity index is 379. The minimum atomic E-state index is -0.192. The largest absolute Gasteiger partial charge is 0.480 e. The summed E-state index contributed by atoms with van der Waals surface area (Å²) >= 11 is 1.21. The lowest BCUT2D eigenvalue weighted by atomic mass is 10.3. The van der Waals surface area contributed by atoms with E-state index in [1.54, 1.807) is 4.90 Å². The Morgan fingerprint density at radius 2 is 2.00 bits per heavy atom. The van der Waals surface area contributed by atoms with Crippen molar-refractivity contribution in [3.63, 3.8) is 0 Å². The van der Waals surface area contributed by atoms with Gasteiger partial charge in [-0.1, -0.05) is 18.2 Å². The number of carbonyl (C=O) groups excluding carboxylic acids is 1. The van der Waals surface area contributed by atoms with E-state index in [1.165, 1.54) is 11.8 Å². The molecule has 1 saturated heterocycles. The van der Waals surface area contributed by atoms with Crippen LogP contribution in [0.15, 0.2) is 30.3 Å².